The van der Waals surface area contributed by atoms with E-state index in [0.29, 0.717) is 0 Å². The summed E-state index contributed by atoms with van der Waals surface area (Å²) in [5.74, 6) is -1.02. The summed E-state index contributed by atoms with van der Waals surface area (Å²) in [6.45, 7) is 1.61. The topological polar surface area (TPSA) is 91.6 Å². The van der Waals surface area contributed by atoms with Crippen LogP contribution in [0.1, 0.15) is 24.6 Å². The molecule has 9 heteroatoms. The highest BCUT2D eigenvalue weighted by Crippen LogP contribution is 2.34. The number of carbonyl (C=O) groups excluding carboxylic acids is 1. The zero-order valence-electron chi connectivity index (χ0n) is 10.8. The van der Waals surface area contributed by atoms with Crippen molar-refractivity contribution in [2.45, 2.75) is 19.8 Å². The lowest BCUT2D eigenvalue weighted by atomic mass is 10.1. The van der Waals surface area contributed by atoms with E-state index in [1.165, 1.54) is 7.11 Å². The van der Waals surface area contributed by atoms with E-state index in [-0.39, 0.29) is 12.5 Å². The Hall–Kier alpha value is -2.32. The van der Waals surface area contributed by atoms with Gasteiger partial charge in [-0.3, -0.25) is 14.9 Å². The zero-order valence-corrected chi connectivity index (χ0v) is 10.8. The van der Waals surface area contributed by atoms with Crippen LogP contribution >= 0.6 is 0 Å². The van der Waals surface area contributed by atoms with Crippen molar-refractivity contribution in [1.82, 2.24) is 4.98 Å². The van der Waals surface area contributed by atoms with Gasteiger partial charge in [-0.25, -0.2) is 13.8 Å². The van der Waals surface area contributed by atoms with E-state index in [1.54, 1.807) is 6.92 Å². The lowest BCUT2D eigenvalue weighted by Crippen LogP contribution is -2.13. The largest absolute Gasteiger partial charge is 0.481 e. The first-order valence-corrected chi connectivity index (χ1v) is 5.56. The van der Waals surface area contributed by atoms with Crippen molar-refractivity contribution in [3.8, 4) is 5.88 Å². The van der Waals surface area contributed by atoms with Gasteiger partial charge in [-0.15, -0.1) is 0 Å². The van der Waals surface area contributed by atoms with Gasteiger partial charge in [0, 0.05) is 0 Å². The van der Waals surface area contributed by atoms with Crippen molar-refractivity contribution in [2.24, 2.45) is 0 Å². The molecule has 1 heterocycles. The predicted octanol–water partition coefficient (Wildman–Crippen LogP) is 2.04. The molecule has 7 nitrogen and oxygen atoms in total. The number of hydrogen-bond acceptors (Lipinski definition) is 6. The number of rotatable bonds is 6. The first-order valence-electron chi connectivity index (χ1n) is 5.56. The van der Waals surface area contributed by atoms with Crippen molar-refractivity contribution in [3.05, 3.63) is 27.4 Å². The Morgan fingerprint density at radius 2 is 2.20 bits per heavy atom. The summed E-state index contributed by atoms with van der Waals surface area (Å²) in [4.78, 5) is 24.9. The maximum Gasteiger partial charge on any atom is 0.311 e. The second-order valence-electron chi connectivity index (χ2n) is 3.58. The lowest BCUT2D eigenvalue weighted by molar-refractivity contribution is -0.386. The Balaban J connectivity index is 3.34. The molecule has 0 aliphatic heterocycles. The summed E-state index contributed by atoms with van der Waals surface area (Å²) in [7, 11) is 1.18. The minimum Gasteiger partial charge on any atom is -0.481 e. The highest BCUT2D eigenvalue weighted by Gasteiger charge is 2.29. The average molecular weight is 290 g/mol. The third-order valence-corrected chi connectivity index (χ3v) is 2.33. The molecule has 0 unspecified atom stereocenters. The Labute approximate surface area is 112 Å². The molecule has 1 aromatic heterocycles. The molecule has 0 aliphatic rings. The molecule has 0 fully saturated rings. The molecule has 0 spiro atoms. The third-order valence-electron chi connectivity index (χ3n) is 2.33. The van der Waals surface area contributed by atoms with Crippen LogP contribution < -0.4 is 4.74 Å². The van der Waals surface area contributed by atoms with Crippen molar-refractivity contribution in [2.75, 3.05) is 13.7 Å². The Kier molecular flexibility index (Phi) is 5.30. The monoisotopic (exact) mass is 290 g/mol. The van der Waals surface area contributed by atoms with Crippen LogP contribution in [0.2, 0.25) is 0 Å². The van der Waals surface area contributed by atoms with Gasteiger partial charge in [-0.2, -0.15) is 0 Å². The number of halogens is 2. The van der Waals surface area contributed by atoms with Gasteiger partial charge >= 0.3 is 5.97 Å². The molecule has 0 bridgehead atoms. The van der Waals surface area contributed by atoms with Crippen LogP contribution in [0.25, 0.3) is 0 Å². The first kappa shape index (κ1) is 15.7. The molecule has 0 N–H and O–H groups in total. The molecule has 0 atom stereocenters. The van der Waals surface area contributed by atoms with Crippen LogP contribution in [0.15, 0.2) is 6.07 Å². The number of aromatic nitrogens is 1. The standard InChI is InChI=1S/C11H12F2N2O5/c1-3-20-9(16)4-6-10(11(12)13)7(15(17)18)5-8(14-6)19-2/h5,11H,3-4H2,1-2H3. The molecule has 1 rings (SSSR count). The number of pyridine rings is 1. The summed E-state index contributed by atoms with van der Waals surface area (Å²) < 4.78 is 35.3. The second-order valence-corrected chi connectivity index (χ2v) is 3.58. The summed E-state index contributed by atoms with van der Waals surface area (Å²) >= 11 is 0. The van der Waals surface area contributed by atoms with Gasteiger partial charge in [0.2, 0.25) is 5.88 Å². The number of esters is 1. The molecule has 0 aromatic carbocycles. The number of nitro groups is 1. The van der Waals surface area contributed by atoms with E-state index in [2.05, 4.69) is 9.72 Å². The molecule has 0 amide bonds. The smallest absolute Gasteiger partial charge is 0.311 e. The van der Waals surface area contributed by atoms with Crippen molar-refractivity contribution >= 4 is 11.7 Å². The van der Waals surface area contributed by atoms with Gasteiger partial charge in [0.15, 0.2) is 0 Å². The fourth-order valence-electron chi connectivity index (χ4n) is 1.54. The minimum absolute atomic E-state index is 0.0644. The number of methoxy groups -OCH3 is 1. The number of carbonyl (C=O) groups is 1. The van der Waals surface area contributed by atoms with Gasteiger partial charge < -0.3 is 9.47 Å². The summed E-state index contributed by atoms with van der Waals surface area (Å²) in [5, 5.41) is 10.8. The van der Waals surface area contributed by atoms with Gasteiger partial charge in [0.1, 0.15) is 5.56 Å². The molecular formula is C11H12F2N2O5. The molecule has 110 valence electrons. The van der Waals surface area contributed by atoms with Crippen LogP contribution in [0.5, 0.6) is 5.88 Å². The molecular weight excluding hydrogens is 278 g/mol. The van der Waals surface area contributed by atoms with Crippen LogP contribution in [0.3, 0.4) is 0 Å². The Bertz CT molecular complexity index is 522. The normalized spacial score (nSPS) is 10.4. The molecule has 0 saturated carbocycles. The minimum atomic E-state index is -3.14. The fraction of sp³-hybridized carbons (Fsp3) is 0.455. The van der Waals surface area contributed by atoms with Crippen LogP contribution in [0.4, 0.5) is 14.5 Å². The van der Waals surface area contributed by atoms with E-state index in [4.69, 9.17) is 4.74 Å². The van der Waals surface area contributed by atoms with Crippen molar-refractivity contribution in [3.63, 3.8) is 0 Å². The number of nitrogens with zero attached hydrogens (tertiary/aromatic N) is 2. The molecule has 0 aliphatic carbocycles. The number of hydrogen-bond donors (Lipinski definition) is 0. The maximum atomic E-state index is 13.0. The molecule has 1 aromatic rings. The van der Waals surface area contributed by atoms with Crippen LogP contribution in [-0.2, 0) is 16.0 Å². The number of alkyl halides is 2. The lowest BCUT2D eigenvalue weighted by Gasteiger charge is -2.10. The van der Waals surface area contributed by atoms with Gasteiger partial charge in [-0.1, -0.05) is 0 Å². The van der Waals surface area contributed by atoms with Gasteiger partial charge in [0.05, 0.1) is 36.8 Å². The van der Waals surface area contributed by atoms with Crippen molar-refractivity contribution < 1.29 is 28.0 Å². The van der Waals surface area contributed by atoms with Crippen molar-refractivity contribution in [1.29, 1.82) is 0 Å². The Morgan fingerprint density at radius 1 is 1.55 bits per heavy atom. The SMILES string of the molecule is CCOC(=O)Cc1nc(OC)cc([N+](=O)[O-])c1C(F)F. The van der Waals surface area contributed by atoms with E-state index < -0.39 is 40.7 Å². The first-order chi connectivity index (χ1) is 9.40. The highest BCUT2D eigenvalue weighted by molar-refractivity contribution is 5.73. The zero-order chi connectivity index (χ0) is 15.3. The van der Waals surface area contributed by atoms with Crippen LogP contribution in [0, 0.1) is 10.1 Å². The molecule has 0 saturated heterocycles. The van der Waals surface area contributed by atoms with E-state index in [1.807, 2.05) is 0 Å². The highest BCUT2D eigenvalue weighted by atomic mass is 19.3. The quantitative estimate of drug-likeness (QED) is 0.452. The third kappa shape index (κ3) is 3.59. The average Bonchev–Trinajstić information content (AvgIpc) is 2.37. The maximum absolute atomic E-state index is 13.0. The number of ether oxygens (including phenoxy) is 2. The Morgan fingerprint density at radius 3 is 2.65 bits per heavy atom. The predicted molar refractivity (Wildman–Crippen MR) is 62.7 cm³/mol. The van der Waals surface area contributed by atoms with Gasteiger partial charge in [-0.05, 0) is 6.92 Å². The fourth-order valence-corrected chi connectivity index (χ4v) is 1.54. The summed E-state index contributed by atoms with van der Waals surface area (Å²) in [6, 6.07) is 0.788. The molecule has 20 heavy (non-hydrogen) atoms. The van der Waals surface area contributed by atoms with E-state index in [9.17, 15) is 23.7 Å². The van der Waals surface area contributed by atoms with Crippen LogP contribution in [-0.4, -0.2) is 29.6 Å². The van der Waals surface area contributed by atoms with Gasteiger partial charge in [0.25, 0.3) is 12.1 Å². The molecule has 0 radical (unpaired) electrons. The summed E-state index contributed by atoms with van der Waals surface area (Å²) in [6.07, 6.45) is -3.73. The van der Waals surface area contributed by atoms with E-state index in [0.717, 1.165) is 6.07 Å². The van der Waals surface area contributed by atoms with E-state index >= 15 is 0 Å². The second kappa shape index (κ2) is 6.73. The summed E-state index contributed by atoms with van der Waals surface area (Å²) in [5.41, 5.74) is -2.17.